The number of hydrogen-bond acceptors (Lipinski definition) is 3. The van der Waals surface area contributed by atoms with Gasteiger partial charge in [0.15, 0.2) is 0 Å². The highest BCUT2D eigenvalue weighted by molar-refractivity contribution is 5.78. The maximum absolute atomic E-state index is 12.3. The quantitative estimate of drug-likeness (QED) is 0.829. The Balaban J connectivity index is 1.87. The average molecular weight is 289 g/mol. The van der Waals surface area contributed by atoms with E-state index in [4.69, 9.17) is 0 Å². The summed E-state index contributed by atoms with van der Waals surface area (Å²) < 4.78 is 0. The SMILES string of the molecule is CCN(CC)CC(=O)N1CCN(c2cccc(C)c2)CC1. The Labute approximate surface area is 128 Å². The maximum Gasteiger partial charge on any atom is 0.236 e. The van der Waals surface area contributed by atoms with Gasteiger partial charge in [-0.1, -0.05) is 26.0 Å². The van der Waals surface area contributed by atoms with Gasteiger partial charge < -0.3 is 9.80 Å². The summed E-state index contributed by atoms with van der Waals surface area (Å²) in [6.07, 6.45) is 0. The fraction of sp³-hybridized carbons (Fsp3) is 0.588. The monoisotopic (exact) mass is 289 g/mol. The van der Waals surface area contributed by atoms with E-state index in [1.54, 1.807) is 0 Å². The van der Waals surface area contributed by atoms with E-state index in [-0.39, 0.29) is 5.91 Å². The van der Waals surface area contributed by atoms with Crippen LogP contribution >= 0.6 is 0 Å². The molecule has 1 fully saturated rings. The number of piperazine rings is 1. The van der Waals surface area contributed by atoms with Gasteiger partial charge in [0.2, 0.25) is 5.91 Å². The van der Waals surface area contributed by atoms with Crippen molar-refractivity contribution in [3.63, 3.8) is 0 Å². The third-order valence-electron chi connectivity index (χ3n) is 4.25. The molecule has 21 heavy (non-hydrogen) atoms. The summed E-state index contributed by atoms with van der Waals surface area (Å²) in [6.45, 7) is 12.3. The fourth-order valence-electron chi connectivity index (χ4n) is 2.78. The highest BCUT2D eigenvalue weighted by atomic mass is 16.2. The lowest BCUT2D eigenvalue weighted by Crippen LogP contribution is -2.51. The summed E-state index contributed by atoms with van der Waals surface area (Å²) >= 11 is 0. The van der Waals surface area contributed by atoms with E-state index < -0.39 is 0 Å². The van der Waals surface area contributed by atoms with E-state index in [1.807, 2.05) is 4.90 Å². The molecule has 0 atom stereocenters. The lowest BCUT2D eigenvalue weighted by Gasteiger charge is -2.37. The van der Waals surface area contributed by atoms with Crippen LogP contribution in [0.15, 0.2) is 24.3 Å². The standard InChI is InChI=1S/C17H27N3O/c1-4-18(5-2)14-17(21)20-11-9-19(10-12-20)16-8-6-7-15(3)13-16/h6-8,13H,4-5,9-12,14H2,1-3H3. The third-order valence-corrected chi connectivity index (χ3v) is 4.25. The minimum Gasteiger partial charge on any atom is -0.368 e. The number of carbonyl (C=O) groups is 1. The van der Waals surface area contributed by atoms with E-state index in [0.717, 1.165) is 39.3 Å². The number of likely N-dealkylation sites (N-methyl/N-ethyl adjacent to an activating group) is 1. The molecular weight excluding hydrogens is 262 g/mol. The maximum atomic E-state index is 12.3. The Morgan fingerprint density at radius 1 is 1.14 bits per heavy atom. The molecule has 0 N–H and O–H groups in total. The molecule has 1 aliphatic rings. The van der Waals surface area contributed by atoms with E-state index in [9.17, 15) is 4.79 Å². The van der Waals surface area contributed by atoms with Crippen molar-refractivity contribution < 1.29 is 4.79 Å². The zero-order chi connectivity index (χ0) is 15.2. The number of carbonyl (C=O) groups excluding carboxylic acids is 1. The van der Waals surface area contributed by atoms with Gasteiger partial charge in [-0.3, -0.25) is 9.69 Å². The van der Waals surface area contributed by atoms with Gasteiger partial charge in [-0.15, -0.1) is 0 Å². The van der Waals surface area contributed by atoms with Crippen LogP contribution in [0.1, 0.15) is 19.4 Å². The Bertz CT molecular complexity index is 463. The smallest absolute Gasteiger partial charge is 0.236 e. The van der Waals surface area contributed by atoms with Crippen LogP contribution in [0.2, 0.25) is 0 Å². The van der Waals surface area contributed by atoms with Gasteiger partial charge in [0.05, 0.1) is 6.54 Å². The van der Waals surface area contributed by atoms with Crippen molar-refractivity contribution >= 4 is 11.6 Å². The molecular formula is C17H27N3O. The molecule has 0 aliphatic carbocycles. The Kier molecular flexibility index (Phi) is 5.62. The van der Waals surface area contributed by atoms with E-state index in [1.165, 1.54) is 11.3 Å². The zero-order valence-electron chi connectivity index (χ0n) is 13.5. The molecule has 2 rings (SSSR count). The molecule has 0 unspecified atom stereocenters. The number of rotatable bonds is 5. The molecule has 0 aromatic heterocycles. The van der Waals surface area contributed by atoms with Gasteiger partial charge in [-0.2, -0.15) is 0 Å². The van der Waals surface area contributed by atoms with Gasteiger partial charge in [0.25, 0.3) is 0 Å². The van der Waals surface area contributed by atoms with Crippen LogP contribution in [0.4, 0.5) is 5.69 Å². The van der Waals surface area contributed by atoms with Crippen LogP contribution in [0.3, 0.4) is 0 Å². The highest BCUT2D eigenvalue weighted by Gasteiger charge is 2.22. The average Bonchev–Trinajstić information content (AvgIpc) is 2.52. The molecule has 4 heteroatoms. The number of aryl methyl sites for hydroxylation is 1. The molecule has 4 nitrogen and oxygen atoms in total. The predicted octanol–water partition coefficient (Wildman–Crippen LogP) is 1.99. The molecule has 1 aromatic rings. The van der Waals surface area contributed by atoms with Gasteiger partial charge in [0.1, 0.15) is 0 Å². The van der Waals surface area contributed by atoms with Crippen LogP contribution in [0.5, 0.6) is 0 Å². The van der Waals surface area contributed by atoms with E-state index in [0.29, 0.717) is 6.54 Å². The van der Waals surface area contributed by atoms with E-state index in [2.05, 4.69) is 54.8 Å². The Hall–Kier alpha value is -1.55. The summed E-state index contributed by atoms with van der Waals surface area (Å²) in [7, 11) is 0. The van der Waals surface area contributed by atoms with Crippen LogP contribution in [0, 0.1) is 6.92 Å². The summed E-state index contributed by atoms with van der Waals surface area (Å²) in [6, 6.07) is 8.59. The van der Waals surface area contributed by atoms with Crippen molar-refractivity contribution in [2.45, 2.75) is 20.8 Å². The topological polar surface area (TPSA) is 26.8 Å². The third kappa shape index (κ3) is 4.21. The minimum absolute atomic E-state index is 0.266. The van der Waals surface area contributed by atoms with Crippen molar-refractivity contribution in [2.75, 3.05) is 50.7 Å². The second-order valence-corrected chi connectivity index (χ2v) is 5.67. The van der Waals surface area contributed by atoms with Crippen molar-refractivity contribution in [2.24, 2.45) is 0 Å². The van der Waals surface area contributed by atoms with Crippen molar-refractivity contribution in [3.8, 4) is 0 Å². The second-order valence-electron chi connectivity index (χ2n) is 5.67. The molecule has 0 saturated carbocycles. The van der Waals surface area contributed by atoms with Crippen LogP contribution in [-0.2, 0) is 4.79 Å². The molecule has 1 aromatic carbocycles. The molecule has 0 radical (unpaired) electrons. The minimum atomic E-state index is 0.266. The number of amides is 1. The summed E-state index contributed by atoms with van der Waals surface area (Å²) in [4.78, 5) is 18.8. The zero-order valence-corrected chi connectivity index (χ0v) is 13.5. The van der Waals surface area contributed by atoms with E-state index >= 15 is 0 Å². The first-order chi connectivity index (χ1) is 10.1. The molecule has 1 saturated heterocycles. The summed E-state index contributed by atoms with van der Waals surface area (Å²) in [5, 5.41) is 0. The largest absolute Gasteiger partial charge is 0.368 e. The van der Waals surface area contributed by atoms with Crippen LogP contribution in [0.25, 0.3) is 0 Å². The van der Waals surface area contributed by atoms with Crippen LogP contribution in [-0.4, -0.2) is 61.5 Å². The normalized spacial score (nSPS) is 15.6. The number of nitrogens with zero attached hydrogens (tertiary/aromatic N) is 3. The highest BCUT2D eigenvalue weighted by Crippen LogP contribution is 2.17. The molecule has 1 amide bonds. The number of anilines is 1. The molecule has 1 heterocycles. The molecule has 0 bridgehead atoms. The summed E-state index contributed by atoms with van der Waals surface area (Å²) in [5.41, 5.74) is 2.55. The molecule has 116 valence electrons. The Morgan fingerprint density at radius 3 is 2.38 bits per heavy atom. The first kappa shape index (κ1) is 15.8. The fourth-order valence-corrected chi connectivity index (χ4v) is 2.78. The van der Waals surface area contributed by atoms with Crippen molar-refractivity contribution in [1.82, 2.24) is 9.80 Å². The van der Waals surface area contributed by atoms with Crippen molar-refractivity contribution in [1.29, 1.82) is 0 Å². The van der Waals surface area contributed by atoms with Crippen LogP contribution < -0.4 is 4.90 Å². The van der Waals surface area contributed by atoms with Gasteiger partial charge >= 0.3 is 0 Å². The predicted molar refractivity (Wildman–Crippen MR) is 87.8 cm³/mol. The number of hydrogen-bond donors (Lipinski definition) is 0. The Morgan fingerprint density at radius 2 is 1.81 bits per heavy atom. The molecule has 1 aliphatic heterocycles. The first-order valence-electron chi connectivity index (χ1n) is 7.95. The van der Waals surface area contributed by atoms with Gasteiger partial charge in [0, 0.05) is 31.9 Å². The summed E-state index contributed by atoms with van der Waals surface area (Å²) in [5.74, 6) is 0.266. The van der Waals surface area contributed by atoms with Crippen molar-refractivity contribution in [3.05, 3.63) is 29.8 Å². The number of benzene rings is 1. The lowest BCUT2D eigenvalue weighted by molar-refractivity contribution is -0.132. The molecule has 0 spiro atoms. The first-order valence-corrected chi connectivity index (χ1v) is 7.95. The van der Waals surface area contributed by atoms with Gasteiger partial charge in [-0.25, -0.2) is 0 Å². The lowest BCUT2D eigenvalue weighted by atomic mass is 10.2. The second kappa shape index (κ2) is 7.46. The van der Waals surface area contributed by atoms with Gasteiger partial charge in [-0.05, 0) is 37.7 Å².